The van der Waals surface area contributed by atoms with E-state index in [1.165, 1.54) is 12.8 Å². The fraction of sp³-hybridized carbons (Fsp3) is 0.900. The number of carbonyl (C=O) groups excluding carboxylic acids is 2. The van der Waals surface area contributed by atoms with Gasteiger partial charge < -0.3 is 9.80 Å². The summed E-state index contributed by atoms with van der Waals surface area (Å²) in [6.45, 7) is 7.90. The van der Waals surface area contributed by atoms with Crippen molar-refractivity contribution >= 4 is 23.6 Å². The van der Waals surface area contributed by atoms with E-state index in [1.54, 1.807) is 0 Å². The van der Waals surface area contributed by atoms with Crippen LogP contribution in [0.25, 0.3) is 0 Å². The summed E-state index contributed by atoms with van der Waals surface area (Å²) in [5, 5.41) is 0. The van der Waals surface area contributed by atoms with Crippen LogP contribution in [0.2, 0.25) is 0 Å². The van der Waals surface area contributed by atoms with E-state index in [4.69, 9.17) is 0 Å². The first-order valence-electron chi connectivity index (χ1n) is 10.6. The molecule has 0 aromatic carbocycles. The number of amides is 2. The SMILES string of the molecule is CCSCCC(=O)N1CCC(N2CCC[C@@H](C(=O)N3CCCC3)C2)CC1. The van der Waals surface area contributed by atoms with Crippen molar-refractivity contribution in [3.8, 4) is 0 Å². The zero-order valence-corrected chi connectivity index (χ0v) is 17.1. The average Bonchev–Trinajstić information content (AvgIpc) is 3.22. The van der Waals surface area contributed by atoms with Crippen LogP contribution in [0.5, 0.6) is 0 Å². The normalized spacial score (nSPS) is 25.7. The molecule has 0 N–H and O–H groups in total. The minimum Gasteiger partial charge on any atom is -0.343 e. The van der Waals surface area contributed by atoms with Crippen LogP contribution < -0.4 is 0 Å². The Balaban J connectivity index is 1.43. The first-order chi connectivity index (χ1) is 12.7. The lowest BCUT2D eigenvalue weighted by atomic mass is 9.93. The molecule has 0 aliphatic carbocycles. The average molecular weight is 382 g/mol. The van der Waals surface area contributed by atoms with Gasteiger partial charge in [-0.05, 0) is 50.8 Å². The van der Waals surface area contributed by atoms with E-state index in [0.717, 1.165) is 76.5 Å². The van der Waals surface area contributed by atoms with Crippen LogP contribution in [0.1, 0.15) is 51.9 Å². The molecule has 3 rings (SSSR count). The van der Waals surface area contributed by atoms with Crippen molar-refractivity contribution in [1.82, 2.24) is 14.7 Å². The fourth-order valence-electron chi connectivity index (χ4n) is 4.68. The van der Waals surface area contributed by atoms with Crippen LogP contribution >= 0.6 is 11.8 Å². The highest BCUT2D eigenvalue weighted by Crippen LogP contribution is 2.26. The molecule has 148 valence electrons. The minimum atomic E-state index is 0.201. The summed E-state index contributed by atoms with van der Waals surface area (Å²) >= 11 is 1.85. The van der Waals surface area contributed by atoms with Gasteiger partial charge in [-0.3, -0.25) is 14.5 Å². The van der Waals surface area contributed by atoms with E-state index in [0.29, 0.717) is 24.3 Å². The van der Waals surface area contributed by atoms with Crippen molar-refractivity contribution < 1.29 is 9.59 Å². The lowest BCUT2D eigenvalue weighted by Gasteiger charge is -2.42. The van der Waals surface area contributed by atoms with Crippen molar-refractivity contribution in [2.45, 2.75) is 57.9 Å². The number of hydrogen-bond donors (Lipinski definition) is 0. The van der Waals surface area contributed by atoms with Gasteiger partial charge >= 0.3 is 0 Å². The number of piperidine rings is 2. The van der Waals surface area contributed by atoms with Crippen molar-refractivity contribution in [2.24, 2.45) is 5.92 Å². The fourth-order valence-corrected chi connectivity index (χ4v) is 5.29. The van der Waals surface area contributed by atoms with Gasteiger partial charge in [-0.25, -0.2) is 0 Å². The molecule has 1 atom stereocenters. The Labute approximate surface area is 162 Å². The van der Waals surface area contributed by atoms with Gasteiger partial charge in [0.15, 0.2) is 0 Å². The lowest BCUT2D eigenvalue weighted by Crippen LogP contribution is -2.51. The van der Waals surface area contributed by atoms with E-state index in [-0.39, 0.29) is 5.92 Å². The number of thioether (sulfide) groups is 1. The van der Waals surface area contributed by atoms with Crippen LogP contribution in [0.15, 0.2) is 0 Å². The van der Waals surface area contributed by atoms with Crippen LogP contribution in [0.4, 0.5) is 0 Å². The van der Waals surface area contributed by atoms with E-state index >= 15 is 0 Å². The molecule has 3 heterocycles. The molecule has 0 bridgehead atoms. The van der Waals surface area contributed by atoms with Crippen LogP contribution in [0, 0.1) is 5.92 Å². The molecule has 0 radical (unpaired) electrons. The van der Waals surface area contributed by atoms with Gasteiger partial charge in [0, 0.05) is 50.9 Å². The van der Waals surface area contributed by atoms with Crippen molar-refractivity contribution in [3.63, 3.8) is 0 Å². The van der Waals surface area contributed by atoms with Crippen LogP contribution in [-0.4, -0.2) is 83.3 Å². The maximum Gasteiger partial charge on any atom is 0.226 e. The molecule has 0 saturated carbocycles. The Morgan fingerprint density at radius 2 is 1.65 bits per heavy atom. The van der Waals surface area contributed by atoms with Crippen LogP contribution in [0.3, 0.4) is 0 Å². The first kappa shape index (κ1) is 20.0. The largest absolute Gasteiger partial charge is 0.343 e. The highest BCUT2D eigenvalue weighted by atomic mass is 32.2. The second kappa shape index (κ2) is 9.98. The van der Waals surface area contributed by atoms with Gasteiger partial charge in [0.2, 0.25) is 11.8 Å². The molecule has 3 fully saturated rings. The molecule has 0 spiro atoms. The summed E-state index contributed by atoms with van der Waals surface area (Å²) in [7, 11) is 0. The summed E-state index contributed by atoms with van der Waals surface area (Å²) in [5.74, 6) is 2.95. The molecule has 2 amide bonds. The quantitative estimate of drug-likeness (QED) is 0.663. The van der Waals surface area contributed by atoms with Gasteiger partial charge in [-0.1, -0.05) is 6.92 Å². The highest BCUT2D eigenvalue weighted by molar-refractivity contribution is 7.99. The molecule has 3 aliphatic heterocycles. The van der Waals surface area contributed by atoms with Gasteiger partial charge in [0.05, 0.1) is 5.92 Å². The predicted molar refractivity (Wildman–Crippen MR) is 107 cm³/mol. The Morgan fingerprint density at radius 3 is 2.35 bits per heavy atom. The number of likely N-dealkylation sites (tertiary alicyclic amines) is 3. The van der Waals surface area contributed by atoms with Gasteiger partial charge in [0.25, 0.3) is 0 Å². The first-order valence-corrected chi connectivity index (χ1v) is 11.7. The molecule has 3 aliphatic rings. The topological polar surface area (TPSA) is 43.9 Å². The maximum atomic E-state index is 12.7. The second-order valence-corrected chi connectivity index (χ2v) is 9.32. The monoisotopic (exact) mass is 381 g/mol. The zero-order valence-electron chi connectivity index (χ0n) is 16.3. The molecule has 0 aromatic rings. The maximum absolute atomic E-state index is 12.7. The summed E-state index contributed by atoms with van der Waals surface area (Å²) < 4.78 is 0. The molecule has 26 heavy (non-hydrogen) atoms. The van der Waals surface area contributed by atoms with Crippen molar-refractivity contribution in [2.75, 3.05) is 50.8 Å². The van der Waals surface area contributed by atoms with Crippen molar-refractivity contribution in [1.29, 1.82) is 0 Å². The molecular formula is C20H35N3O2S. The predicted octanol–water partition coefficient (Wildman–Crippen LogP) is 2.46. The lowest BCUT2D eigenvalue weighted by molar-refractivity contribution is -0.136. The summed E-state index contributed by atoms with van der Waals surface area (Å²) in [5.41, 5.74) is 0. The van der Waals surface area contributed by atoms with E-state index in [1.807, 2.05) is 11.8 Å². The van der Waals surface area contributed by atoms with Crippen molar-refractivity contribution in [3.05, 3.63) is 0 Å². The van der Waals surface area contributed by atoms with Gasteiger partial charge in [0.1, 0.15) is 0 Å². The van der Waals surface area contributed by atoms with E-state index in [2.05, 4.69) is 21.6 Å². The zero-order chi connectivity index (χ0) is 18.4. The molecule has 5 nitrogen and oxygen atoms in total. The standard InChI is InChI=1S/C20H35N3O2S/c1-2-26-15-9-19(24)21-13-7-18(8-14-21)23-12-5-6-17(16-23)20(25)22-10-3-4-11-22/h17-18H,2-16H2,1H3/t17-/m1/s1. The molecule has 0 aromatic heterocycles. The summed E-state index contributed by atoms with van der Waals surface area (Å²) in [6, 6.07) is 0.554. The summed E-state index contributed by atoms with van der Waals surface area (Å²) in [6.07, 6.45) is 7.35. The number of hydrogen-bond acceptors (Lipinski definition) is 4. The Morgan fingerprint density at radius 1 is 0.923 bits per heavy atom. The molecule has 6 heteroatoms. The Hall–Kier alpha value is -0.750. The second-order valence-electron chi connectivity index (χ2n) is 7.93. The third kappa shape index (κ3) is 5.16. The molecular weight excluding hydrogens is 346 g/mol. The molecule has 3 saturated heterocycles. The molecule has 0 unspecified atom stereocenters. The highest BCUT2D eigenvalue weighted by Gasteiger charge is 2.34. The van der Waals surface area contributed by atoms with E-state index in [9.17, 15) is 9.59 Å². The summed E-state index contributed by atoms with van der Waals surface area (Å²) in [4.78, 5) is 31.7. The number of nitrogens with zero attached hydrogens (tertiary/aromatic N) is 3. The smallest absolute Gasteiger partial charge is 0.226 e. The number of carbonyl (C=O) groups is 2. The number of rotatable bonds is 6. The van der Waals surface area contributed by atoms with Gasteiger partial charge in [-0.15, -0.1) is 0 Å². The Kier molecular flexibility index (Phi) is 7.67. The van der Waals surface area contributed by atoms with E-state index < -0.39 is 0 Å². The van der Waals surface area contributed by atoms with Gasteiger partial charge in [-0.2, -0.15) is 11.8 Å². The third-order valence-electron chi connectivity index (χ3n) is 6.22. The minimum absolute atomic E-state index is 0.201. The Bertz CT molecular complexity index is 474. The third-order valence-corrected chi connectivity index (χ3v) is 7.12. The van der Waals surface area contributed by atoms with Crippen LogP contribution in [-0.2, 0) is 9.59 Å².